The summed E-state index contributed by atoms with van der Waals surface area (Å²) in [7, 11) is 0. The SMILES string of the molecule is CC1C(=O)Cc2ccc(Cl)nc2N1c1ccccc1. The monoisotopic (exact) mass is 272 g/mol. The first-order valence-electron chi connectivity index (χ1n) is 6.19. The van der Waals surface area contributed by atoms with Crippen molar-refractivity contribution in [2.24, 2.45) is 0 Å². The zero-order valence-corrected chi connectivity index (χ0v) is 11.3. The van der Waals surface area contributed by atoms with Gasteiger partial charge in [-0.25, -0.2) is 4.98 Å². The maximum Gasteiger partial charge on any atom is 0.159 e. The molecule has 0 saturated heterocycles. The Labute approximate surface area is 116 Å². The number of fused-ring (bicyclic) bond motifs is 1. The average Bonchev–Trinajstić information content (AvgIpc) is 2.42. The molecule has 1 aromatic heterocycles. The van der Waals surface area contributed by atoms with Crippen molar-refractivity contribution in [2.45, 2.75) is 19.4 Å². The summed E-state index contributed by atoms with van der Waals surface area (Å²) in [5, 5.41) is 0.446. The highest BCUT2D eigenvalue weighted by atomic mass is 35.5. The van der Waals surface area contributed by atoms with Gasteiger partial charge in [0.15, 0.2) is 5.78 Å². The molecule has 0 N–H and O–H groups in total. The van der Waals surface area contributed by atoms with E-state index in [4.69, 9.17) is 11.6 Å². The first kappa shape index (κ1) is 12.2. The van der Waals surface area contributed by atoms with Gasteiger partial charge in [0.25, 0.3) is 0 Å². The van der Waals surface area contributed by atoms with Gasteiger partial charge in [-0.05, 0) is 25.1 Å². The quantitative estimate of drug-likeness (QED) is 0.746. The van der Waals surface area contributed by atoms with Crippen LogP contribution < -0.4 is 4.90 Å². The second-order valence-electron chi connectivity index (χ2n) is 4.64. The molecule has 3 rings (SSSR count). The summed E-state index contributed by atoms with van der Waals surface area (Å²) in [5.74, 6) is 0.978. The third-order valence-electron chi connectivity index (χ3n) is 3.40. The zero-order valence-electron chi connectivity index (χ0n) is 10.5. The molecule has 2 heterocycles. The van der Waals surface area contributed by atoms with E-state index in [1.165, 1.54) is 0 Å². The van der Waals surface area contributed by atoms with Gasteiger partial charge in [0.05, 0.1) is 6.04 Å². The van der Waals surface area contributed by atoms with E-state index >= 15 is 0 Å². The number of carbonyl (C=O) groups excluding carboxylic acids is 1. The number of carbonyl (C=O) groups is 1. The van der Waals surface area contributed by atoms with Crippen LogP contribution in [0.2, 0.25) is 5.15 Å². The smallest absolute Gasteiger partial charge is 0.159 e. The van der Waals surface area contributed by atoms with E-state index in [0.717, 1.165) is 17.1 Å². The summed E-state index contributed by atoms with van der Waals surface area (Å²) in [4.78, 5) is 18.5. The van der Waals surface area contributed by atoms with Gasteiger partial charge in [0.1, 0.15) is 11.0 Å². The number of anilines is 2. The lowest BCUT2D eigenvalue weighted by molar-refractivity contribution is -0.119. The Kier molecular flexibility index (Phi) is 2.99. The molecule has 19 heavy (non-hydrogen) atoms. The van der Waals surface area contributed by atoms with E-state index in [1.807, 2.05) is 48.2 Å². The van der Waals surface area contributed by atoms with Gasteiger partial charge in [-0.15, -0.1) is 0 Å². The predicted octanol–water partition coefficient (Wildman–Crippen LogP) is 3.39. The number of Topliss-reactive ketones (excluding diaryl/α,β-unsaturated/α-hetero) is 1. The standard InChI is InChI=1S/C15H13ClN2O/c1-10-13(19)9-11-7-8-14(16)17-15(11)18(10)12-5-3-2-4-6-12/h2-8,10H,9H2,1H3. The molecule has 2 aromatic rings. The summed E-state index contributed by atoms with van der Waals surface area (Å²) < 4.78 is 0. The number of benzene rings is 1. The Bertz CT molecular complexity index is 627. The lowest BCUT2D eigenvalue weighted by Crippen LogP contribution is -2.41. The number of pyridine rings is 1. The fourth-order valence-corrected chi connectivity index (χ4v) is 2.54. The number of halogens is 1. The lowest BCUT2D eigenvalue weighted by Gasteiger charge is -2.34. The minimum absolute atomic E-state index is 0.195. The van der Waals surface area contributed by atoms with E-state index < -0.39 is 0 Å². The van der Waals surface area contributed by atoms with Gasteiger partial charge in [-0.3, -0.25) is 4.79 Å². The van der Waals surface area contributed by atoms with Gasteiger partial charge in [-0.1, -0.05) is 35.9 Å². The number of hydrogen-bond acceptors (Lipinski definition) is 3. The fraction of sp³-hybridized carbons (Fsp3) is 0.200. The van der Waals surface area contributed by atoms with Crippen LogP contribution in [0.25, 0.3) is 0 Å². The highest BCUT2D eigenvalue weighted by Crippen LogP contribution is 2.34. The molecule has 0 amide bonds. The summed E-state index contributed by atoms with van der Waals surface area (Å²) in [6.45, 7) is 1.90. The topological polar surface area (TPSA) is 33.2 Å². The number of hydrogen-bond donors (Lipinski definition) is 0. The molecule has 3 nitrogen and oxygen atoms in total. The van der Waals surface area contributed by atoms with E-state index in [1.54, 1.807) is 6.07 Å². The molecule has 0 radical (unpaired) electrons. The second-order valence-corrected chi connectivity index (χ2v) is 5.03. The average molecular weight is 273 g/mol. The van der Waals surface area contributed by atoms with Crippen molar-refractivity contribution in [3.63, 3.8) is 0 Å². The maximum absolute atomic E-state index is 12.1. The van der Waals surface area contributed by atoms with E-state index in [-0.39, 0.29) is 11.8 Å². The fourth-order valence-electron chi connectivity index (χ4n) is 2.40. The molecule has 1 aliphatic rings. The molecule has 0 aliphatic carbocycles. The summed E-state index contributed by atoms with van der Waals surface area (Å²) in [5.41, 5.74) is 1.88. The van der Waals surface area contributed by atoms with Crippen LogP contribution in [0.5, 0.6) is 0 Å². The Balaban J connectivity index is 2.17. The number of rotatable bonds is 1. The van der Waals surface area contributed by atoms with Gasteiger partial charge >= 0.3 is 0 Å². The summed E-state index contributed by atoms with van der Waals surface area (Å²) in [6, 6.07) is 13.2. The molecule has 96 valence electrons. The molecule has 0 bridgehead atoms. The van der Waals surface area contributed by atoms with Gasteiger partial charge < -0.3 is 4.90 Å². The summed E-state index contributed by atoms with van der Waals surface area (Å²) >= 11 is 5.99. The van der Waals surface area contributed by atoms with Crippen LogP contribution in [0.1, 0.15) is 12.5 Å². The van der Waals surface area contributed by atoms with Crippen LogP contribution in [0.4, 0.5) is 11.5 Å². The van der Waals surface area contributed by atoms with Crippen LogP contribution in [-0.4, -0.2) is 16.8 Å². The molecule has 1 atom stereocenters. The predicted molar refractivity (Wildman–Crippen MR) is 76.0 cm³/mol. The molecular weight excluding hydrogens is 260 g/mol. The third kappa shape index (κ3) is 2.10. The molecule has 1 aromatic carbocycles. The number of ketones is 1. The molecule has 0 saturated carbocycles. The first-order valence-corrected chi connectivity index (χ1v) is 6.57. The molecular formula is C15H13ClN2O. The molecule has 1 aliphatic heterocycles. The highest BCUT2D eigenvalue weighted by molar-refractivity contribution is 6.29. The highest BCUT2D eigenvalue weighted by Gasteiger charge is 2.31. The number of para-hydroxylation sites is 1. The molecule has 0 spiro atoms. The van der Waals surface area contributed by atoms with Crippen molar-refractivity contribution in [1.29, 1.82) is 0 Å². The van der Waals surface area contributed by atoms with E-state index in [9.17, 15) is 4.79 Å². The Hall–Kier alpha value is -1.87. The second kappa shape index (κ2) is 4.67. The van der Waals surface area contributed by atoms with Crippen molar-refractivity contribution in [3.8, 4) is 0 Å². The van der Waals surface area contributed by atoms with Crippen molar-refractivity contribution in [2.75, 3.05) is 4.90 Å². The van der Waals surface area contributed by atoms with Crippen molar-refractivity contribution in [1.82, 2.24) is 4.98 Å². The van der Waals surface area contributed by atoms with Crippen LogP contribution in [-0.2, 0) is 11.2 Å². The van der Waals surface area contributed by atoms with Crippen molar-refractivity contribution in [3.05, 3.63) is 53.2 Å². The van der Waals surface area contributed by atoms with Gasteiger partial charge in [0.2, 0.25) is 0 Å². The van der Waals surface area contributed by atoms with Crippen LogP contribution in [0, 0.1) is 0 Å². The molecule has 4 heteroatoms. The zero-order chi connectivity index (χ0) is 13.4. The molecule has 0 fully saturated rings. The molecule has 1 unspecified atom stereocenters. The normalized spacial score (nSPS) is 18.3. The minimum atomic E-state index is -0.221. The Morgan fingerprint density at radius 3 is 2.68 bits per heavy atom. The van der Waals surface area contributed by atoms with Crippen LogP contribution >= 0.6 is 11.6 Å². The minimum Gasteiger partial charge on any atom is -0.316 e. The largest absolute Gasteiger partial charge is 0.316 e. The number of aromatic nitrogens is 1. The summed E-state index contributed by atoms with van der Waals surface area (Å²) in [6.07, 6.45) is 0.421. The van der Waals surface area contributed by atoms with Crippen molar-refractivity contribution >= 4 is 28.9 Å². The lowest BCUT2D eigenvalue weighted by atomic mass is 9.97. The van der Waals surface area contributed by atoms with Crippen LogP contribution in [0.15, 0.2) is 42.5 Å². The third-order valence-corrected chi connectivity index (χ3v) is 3.61. The number of nitrogens with zero attached hydrogens (tertiary/aromatic N) is 2. The maximum atomic E-state index is 12.1. The van der Waals surface area contributed by atoms with E-state index in [2.05, 4.69) is 4.98 Å². The Morgan fingerprint density at radius 1 is 1.21 bits per heavy atom. The van der Waals surface area contributed by atoms with Crippen molar-refractivity contribution < 1.29 is 4.79 Å². The van der Waals surface area contributed by atoms with Gasteiger partial charge in [0, 0.05) is 17.7 Å². The van der Waals surface area contributed by atoms with Crippen LogP contribution in [0.3, 0.4) is 0 Å². The van der Waals surface area contributed by atoms with Gasteiger partial charge in [-0.2, -0.15) is 0 Å². The van der Waals surface area contributed by atoms with E-state index in [0.29, 0.717) is 11.6 Å². The first-order chi connectivity index (χ1) is 9.16. The Morgan fingerprint density at radius 2 is 1.95 bits per heavy atom.